The van der Waals surface area contributed by atoms with Crippen molar-refractivity contribution >= 4 is 27.7 Å². The highest BCUT2D eigenvalue weighted by Gasteiger charge is 2.43. The molecule has 1 fully saturated rings. The molecule has 44 heavy (non-hydrogen) atoms. The summed E-state index contributed by atoms with van der Waals surface area (Å²) in [4.78, 5) is 25.0. The molecule has 0 spiro atoms. The standard InChI is InChI=1S/C31H45N3O9S/c1-23(2)19-34(3,44(38,39)27-12-10-25(11-13-27)32-30(36)22-42-17-16-40-4)20-29(35)28(18-24-8-6-5-7-9-24)33-31(37)43-26-14-15-41-21-26/h5-13,23,26,28-29,35H,14-22H2,1-4H3,(H-,32,33,36,37)/p+1. The van der Waals surface area contributed by atoms with E-state index >= 15 is 0 Å². The van der Waals surface area contributed by atoms with E-state index in [1.165, 1.54) is 31.4 Å². The van der Waals surface area contributed by atoms with Gasteiger partial charge in [0.15, 0.2) is 0 Å². The van der Waals surface area contributed by atoms with Crippen molar-refractivity contribution in [1.82, 2.24) is 5.32 Å². The lowest BCUT2D eigenvalue weighted by Crippen LogP contribution is -2.59. The Morgan fingerprint density at radius 1 is 1.07 bits per heavy atom. The molecule has 0 aliphatic carbocycles. The van der Waals surface area contributed by atoms with Crippen LogP contribution in [0.2, 0.25) is 0 Å². The number of aliphatic hydroxyl groups is 1. The molecule has 1 aliphatic heterocycles. The molecule has 2 amide bonds. The van der Waals surface area contributed by atoms with Gasteiger partial charge in [-0.1, -0.05) is 44.2 Å². The highest BCUT2D eigenvalue weighted by atomic mass is 32.2. The zero-order valence-corrected chi connectivity index (χ0v) is 26.8. The smallest absolute Gasteiger partial charge is 0.407 e. The average molecular weight is 637 g/mol. The third-order valence-corrected chi connectivity index (χ3v) is 9.56. The quantitative estimate of drug-likeness (QED) is 0.176. The van der Waals surface area contributed by atoms with Crippen molar-refractivity contribution in [3.05, 3.63) is 60.2 Å². The van der Waals surface area contributed by atoms with Crippen LogP contribution in [0.25, 0.3) is 0 Å². The van der Waals surface area contributed by atoms with E-state index in [9.17, 15) is 23.1 Å². The second-order valence-electron chi connectivity index (χ2n) is 11.5. The number of likely N-dealkylation sites (N-methyl/N-ethyl adjacent to an activating group) is 1. The van der Waals surface area contributed by atoms with E-state index in [4.69, 9.17) is 18.9 Å². The van der Waals surface area contributed by atoms with Gasteiger partial charge in [-0.25, -0.2) is 8.68 Å². The summed E-state index contributed by atoms with van der Waals surface area (Å²) in [7, 11) is -0.939. The van der Waals surface area contributed by atoms with E-state index in [2.05, 4.69) is 10.6 Å². The lowest BCUT2D eigenvalue weighted by molar-refractivity contribution is -0.793. The third-order valence-electron chi connectivity index (χ3n) is 7.23. The third kappa shape index (κ3) is 10.5. The molecule has 2 aromatic rings. The minimum absolute atomic E-state index is 0.0356. The number of alkyl carbamates (subject to hydrolysis) is 1. The normalized spacial score (nSPS) is 17.9. The number of anilines is 1. The number of nitrogens with zero attached hydrogens (tertiary/aromatic N) is 1. The van der Waals surface area contributed by atoms with Crippen molar-refractivity contribution in [2.24, 2.45) is 5.92 Å². The van der Waals surface area contributed by atoms with Gasteiger partial charge in [0.25, 0.3) is 0 Å². The van der Waals surface area contributed by atoms with Gasteiger partial charge in [0.2, 0.25) is 5.91 Å². The average Bonchev–Trinajstić information content (AvgIpc) is 3.48. The van der Waals surface area contributed by atoms with E-state index in [1.54, 1.807) is 7.05 Å². The Morgan fingerprint density at radius 2 is 1.77 bits per heavy atom. The van der Waals surface area contributed by atoms with Gasteiger partial charge in [-0.15, -0.1) is 0 Å². The molecule has 0 radical (unpaired) electrons. The van der Waals surface area contributed by atoms with E-state index in [-0.39, 0.29) is 55.5 Å². The van der Waals surface area contributed by atoms with Crippen LogP contribution in [0, 0.1) is 5.92 Å². The van der Waals surface area contributed by atoms with Gasteiger partial charge in [-0.05, 0) is 36.2 Å². The molecule has 1 heterocycles. The first-order chi connectivity index (χ1) is 20.9. The van der Waals surface area contributed by atoms with Crippen molar-refractivity contribution in [1.29, 1.82) is 0 Å². The second kappa shape index (κ2) is 16.8. The number of methoxy groups -OCH3 is 1. The molecule has 1 saturated heterocycles. The first kappa shape index (κ1) is 35.4. The van der Waals surface area contributed by atoms with Crippen LogP contribution in [-0.4, -0.2) is 108 Å². The van der Waals surface area contributed by atoms with Crippen molar-refractivity contribution in [3.8, 4) is 0 Å². The number of hydrogen-bond donors (Lipinski definition) is 3. The number of benzene rings is 2. The summed E-state index contributed by atoms with van der Waals surface area (Å²) < 4.78 is 48.6. The zero-order chi connectivity index (χ0) is 32.2. The molecule has 1 aliphatic rings. The first-order valence-corrected chi connectivity index (χ1v) is 16.2. The number of carbonyl (C=O) groups is 2. The second-order valence-corrected chi connectivity index (χ2v) is 13.9. The fraction of sp³-hybridized carbons (Fsp3) is 0.548. The Kier molecular flexibility index (Phi) is 13.6. The Hall–Kier alpha value is -3.07. The molecule has 0 bridgehead atoms. The van der Waals surface area contributed by atoms with Crippen LogP contribution in [0.15, 0.2) is 59.5 Å². The van der Waals surface area contributed by atoms with E-state index in [1.807, 2.05) is 44.2 Å². The largest absolute Gasteiger partial charge is 0.444 e. The summed E-state index contributed by atoms with van der Waals surface area (Å²) in [6.07, 6.45) is -1.45. The van der Waals surface area contributed by atoms with Crippen molar-refractivity contribution < 1.29 is 45.9 Å². The van der Waals surface area contributed by atoms with Crippen LogP contribution < -0.4 is 10.6 Å². The number of sulfonamides is 1. The van der Waals surface area contributed by atoms with Crippen LogP contribution in [-0.2, 0) is 40.2 Å². The number of aliphatic hydroxyl groups excluding tert-OH is 1. The Bertz CT molecular complexity index is 1290. The highest BCUT2D eigenvalue weighted by Crippen LogP contribution is 2.27. The number of hydrogen-bond acceptors (Lipinski definition) is 9. The van der Waals surface area contributed by atoms with Crippen LogP contribution in [0.4, 0.5) is 10.5 Å². The molecule has 12 nitrogen and oxygen atoms in total. The molecule has 0 aromatic heterocycles. The molecule has 3 N–H and O–H groups in total. The summed E-state index contributed by atoms with van der Waals surface area (Å²) in [5.41, 5.74) is 1.28. The molecule has 13 heteroatoms. The summed E-state index contributed by atoms with van der Waals surface area (Å²) in [5.74, 6) is -0.414. The minimum atomic E-state index is -4.04. The first-order valence-electron chi connectivity index (χ1n) is 14.8. The fourth-order valence-electron chi connectivity index (χ4n) is 5.13. The maximum Gasteiger partial charge on any atom is 0.407 e. The molecule has 0 saturated carbocycles. The predicted octanol–water partition coefficient (Wildman–Crippen LogP) is 2.57. The maximum absolute atomic E-state index is 14.1. The molecule has 4 atom stereocenters. The van der Waals surface area contributed by atoms with Crippen molar-refractivity contribution in [2.45, 2.75) is 49.8 Å². The van der Waals surface area contributed by atoms with Gasteiger partial charge in [-0.2, -0.15) is 8.42 Å². The van der Waals surface area contributed by atoms with E-state index < -0.39 is 32.2 Å². The molecule has 3 rings (SSSR count). The fourth-order valence-corrected chi connectivity index (χ4v) is 6.96. The van der Waals surface area contributed by atoms with Crippen molar-refractivity contribution in [2.75, 3.05) is 65.6 Å². The zero-order valence-electron chi connectivity index (χ0n) is 25.9. The van der Waals surface area contributed by atoms with Crippen LogP contribution in [0.5, 0.6) is 0 Å². The van der Waals surface area contributed by atoms with Crippen molar-refractivity contribution in [3.63, 3.8) is 0 Å². The SMILES string of the molecule is COCCOCC(=O)Nc1ccc(S(=O)(=O)[N+](C)(CC(C)C)CC(O)C(Cc2ccccc2)NC(=O)OC2CCOC2)cc1. The summed E-state index contributed by atoms with van der Waals surface area (Å²) in [5, 5.41) is 17.0. The van der Waals surface area contributed by atoms with Gasteiger partial charge in [0.05, 0.1) is 46.1 Å². The van der Waals surface area contributed by atoms with E-state index in [0.29, 0.717) is 31.9 Å². The number of rotatable bonds is 17. The molecule has 2 aromatic carbocycles. The van der Waals surface area contributed by atoms with Crippen LogP contribution in [0.3, 0.4) is 0 Å². The van der Waals surface area contributed by atoms with Gasteiger partial charge in [-0.3, -0.25) is 4.79 Å². The summed E-state index contributed by atoms with van der Waals surface area (Å²) in [6.45, 7) is 5.13. The topological polar surface area (TPSA) is 149 Å². The van der Waals surface area contributed by atoms with E-state index in [0.717, 1.165) is 5.56 Å². The van der Waals surface area contributed by atoms with Gasteiger partial charge in [0.1, 0.15) is 30.3 Å². The Morgan fingerprint density at radius 3 is 2.39 bits per heavy atom. The lowest BCUT2D eigenvalue weighted by Gasteiger charge is -2.37. The number of carbonyl (C=O) groups excluding carboxylic acids is 2. The van der Waals surface area contributed by atoms with Crippen LogP contribution in [0.1, 0.15) is 25.8 Å². The molecule has 244 valence electrons. The van der Waals surface area contributed by atoms with Gasteiger partial charge in [0, 0.05) is 25.1 Å². The highest BCUT2D eigenvalue weighted by molar-refractivity contribution is 7.86. The molecule has 4 unspecified atom stereocenters. The summed E-state index contributed by atoms with van der Waals surface area (Å²) >= 11 is 0. The Labute approximate surface area is 260 Å². The molecular weight excluding hydrogens is 590 g/mol. The lowest BCUT2D eigenvalue weighted by atomic mass is 10.0. The predicted molar refractivity (Wildman–Crippen MR) is 164 cm³/mol. The monoisotopic (exact) mass is 636 g/mol. The number of quaternary nitrogens is 1. The van der Waals surface area contributed by atoms with Gasteiger partial charge >= 0.3 is 16.1 Å². The minimum Gasteiger partial charge on any atom is -0.444 e. The number of ether oxygens (including phenoxy) is 4. The summed E-state index contributed by atoms with van der Waals surface area (Å²) in [6, 6.07) is 14.4. The Balaban J connectivity index is 1.78. The maximum atomic E-state index is 14.1. The number of nitrogens with one attached hydrogen (secondary N) is 2. The van der Waals surface area contributed by atoms with Gasteiger partial charge < -0.3 is 34.7 Å². The van der Waals surface area contributed by atoms with Crippen LogP contribution >= 0.6 is 0 Å². The number of amides is 2. The molecular formula is C31H46N3O9S+.